The predicted molar refractivity (Wildman–Crippen MR) is 90.9 cm³/mol. The van der Waals surface area contributed by atoms with Crippen LogP contribution in [-0.4, -0.2) is 11.4 Å². The molecular weight excluding hydrogens is 292 g/mol. The molecule has 0 spiro atoms. The van der Waals surface area contributed by atoms with E-state index in [0.717, 1.165) is 11.6 Å². The van der Waals surface area contributed by atoms with Crippen LogP contribution in [0.2, 0.25) is 5.02 Å². The summed E-state index contributed by atoms with van der Waals surface area (Å²) in [5.41, 5.74) is 11.7. The molecule has 4 rings (SSSR count). The largest absolute Gasteiger partial charge is 0.329 e. The average Bonchev–Trinajstić information content (AvgIpc) is 3.27. The molecule has 1 aliphatic carbocycles. The van der Waals surface area contributed by atoms with Crippen molar-refractivity contribution < 1.29 is 0 Å². The van der Waals surface area contributed by atoms with Gasteiger partial charge in [0.05, 0.1) is 0 Å². The maximum atomic E-state index is 6.33. The molecule has 2 aromatic carbocycles. The maximum Gasteiger partial charge on any atom is 0.0486 e. The molecule has 0 bridgehead atoms. The molecule has 2 aliphatic rings. The van der Waals surface area contributed by atoms with Crippen LogP contribution >= 0.6 is 11.6 Å². The highest BCUT2D eigenvalue weighted by Crippen LogP contribution is 2.57. The Morgan fingerprint density at radius 2 is 1.91 bits per heavy atom. The molecule has 0 aromatic heterocycles. The van der Waals surface area contributed by atoms with Gasteiger partial charge in [-0.25, -0.2) is 0 Å². The number of hydrogen-bond donors (Lipinski definition) is 1. The highest BCUT2D eigenvalue weighted by molar-refractivity contribution is 6.31. The minimum Gasteiger partial charge on any atom is -0.329 e. The van der Waals surface area contributed by atoms with Crippen molar-refractivity contribution in [2.45, 2.75) is 37.9 Å². The summed E-state index contributed by atoms with van der Waals surface area (Å²) in [5, 5.41) is 0.862. The Morgan fingerprint density at radius 1 is 1.18 bits per heavy atom. The van der Waals surface area contributed by atoms with Gasteiger partial charge in [-0.3, -0.25) is 4.90 Å². The van der Waals surface area contributed by atoms with Gasteiger partial charge in [0.1, 0.15) is 0 Å². The second-order valence-electron chi connectivity index (χ2n) is 6.52. The van der Waals surface area contributed by atoms with Crippen molar-refractivity contribution in [2.75, 3.05) is 6.54 Å². The summed E-state index contributed by atoms with van der Waals surface area (Å²) in [6.07, 6.45) is 2.43. The van der Waals surface area contributed by atoms with Gasteiger partial charge in [-0.1, -0.05) is 48.0 Å². The van der Waals surface area contributed by atoms with Gasteiger partial charge in [0.15, 0.2) is 0 Å². The summed E-state index contributed by atoms with van der Waals surface area (Å²) in [6.45, 7) is 3.74. The quantitative estimate of drug-likeness (QED) is 0.922. The molecule has 1 aliphatic heterocycles. The minimum atomic E-state index is 0.170. The third kappa shape index (κ3) is 1.95. The lowest BCUT2D eigenvalue weighted by atomic mass is 9.99. The standard InChI is InChI=1S/C19H21ClN2/c1-13-16-12-22(18(11-21)15(16)7-8-17(13)20)19(9-10-19)14-5-3-2-4-6-14/h2-8,18H,9-12,21H2,1H3. The molecule has 1 saturated carbocycles. The molecule has 0 amide bonds. The van der Waals surface area contributed by atoms with Gasteiger partial charge in [0, 0.05) is 29.7 Å². The van der Waals surface area contributed by atoms with Crippen molar-refractivity contribution in [3.8, 4) is 0 Å². The highest BCUT2D eigenvalue weighted by Gasteiger charge is 2.53. The van der Waals surface area contributed by atoms with Crippen LogP contribution in [-0.2, 0) is 12.1 Å². The fourth-order valence-corrected chi connectivity index (χ4v) is 4.21. The van der Waals surface area contributed by atoms with Crippen LogP contribution in [0.1, 0.15) is 41.1 Å². The van der Waals surface area contributed by atoms with Crippen LogP contribution in [0.4, 0.5) is 0 Å². The molecule has 0 radical (unpaired) electrons. The summed E-state index contributed by atoms with van der Waals surface area (Å²) >= 11 is 6.33. The van der Waals surface area contributed by atoms with Gasteiger partial charge < -0.3 is 5.73 Å². The zero-order chi connectivity index (χ0) is 15.3. The molecule has 1 atom stereocenters. The van der Waals surface area contributed by atoms with Crippen molar-refractivity contribution in [2.24, 2.45) is 5.73 Å². The highest BCUT2D eigenvalue weighted by atomic mass is 35.5. The van der Waals surface area contributed by atoms with Crippen molar-refractivity contribution in [1.82, 2.24) is 4.90 Å². The molecule has 0 saturated heterocycles. The molecule has 2 aromatic rings. The number of nitrogens with two attached hydrogens (primary N) is 1. The first-order chi connectivity index (χ1) is 10.7. The first-order valence-corrected chi connectivity index (χ1v) is 8.35. The molecular formula is C19H21ClN2. The third-order valence-electron chi connectivity index (χ3n) is 5.44. The summed E-state index contributed by atoms with van der Waals surface area (Å²) in [5.74, 6) is 0. The fraction of sp³-hybridized carbons (Fsp3) is 0.368. The number of rotatable bonds is 3. The number of hydrogen-bond acceptors (Lipinski definition) is 2. The van der Waals surface area contributed by atoms with Crippen molar-refractivity contribution in [1.29, 1.82) is 0 Å². The number of fused-ring (bicyclic) bond motifs is 1. The predicted octanol–water partition coefficient (Wildman–Crippen LogP) is 4.15. The van der Waals surface area contributed by atoms with Gasteiger partial charge in [-0.15, -0.1) is 0 Å². The van der Waals surface area contributed by atoms with Crippen LogP contribution in [0.5, 0.6) is 0 Å². The number of nitrogens with zero attached hydrogens (tertiary/aromatic N) is 1. The van der Waals surface area contributed by atoms with E-state index < -0.39 is 0 Å². The van der Waals surface area contributed by atoms with Crippen LogP contribution < -0.4 is 5.73 Å². The summed E-state index contributed by atoms with van der Waals surface area (Å²) in [4.78, 5) is 2.61. The lowest BCUT2D eigenvalue weighted by molar-refractivity contribution is 0.129. The Kier molecular flexibility index (Phi) is 3.30. The van der Waals surface area contributed by atoms with E-state index >= 15 is 0 Å². The van der Waals surface area contributed by atoms with E-state index in [0.29, 0.717) is 12.6 Å². The second kappa shape index (κ2) is 5.09. The molecule has 2 N–H and O–H groups in total. The molecule has 2 nitrogen and oxygen atoms in total. The second-order valence-corrected chi connectivity index (χ2v) is 6.92. The van der Waals surface area contributed by atoms with E-state index in [-0.39, 0.29) is 5.54 Å². The van der Waals surface area contributed by atoms with Crippen molar-refractivity contribution >= 4 is 11.6 Å². The van der Waals surface area contributed by atoms with E-state index in [1.54, 1.807) is 0 Å². The van der Waals surface area contributed by atoms with Gasteiger partial charge in [-0.05, 0) is 48.1 Å². The SMILES string of the molecule is Cc1c(Cl)ccc2c1CN(C1(c3ccccc3)CC1)C2CN. The van der Waals surface area contributed by atoms with Gasteiger partial charge in [0.2, 0.25) is 0 Å². The maximum absolute atomic E-state index is 6.33. The van der Waals surface area contributed by atoms with E-state index in [4.69, 9.17) is 17.3 Å². The lowest BCUT2D eigenvalue weighted by Gasteiger charge is -2.33. The topological polar surface area (TPSA) is 29.3 Å². The van der Waals surface area contributed by atoms with Gasteiger partial charge in [0.25, 0.3) is 0 Å². The minimum absolute atomic E-state index is 0.170. The van der Waals surface area contributed by atoms with Crippen LogP contribution in [0.3, 0.4) is 0 Å². The van der Waals surface area contributed by atoms with Crippen molar-refractivity contribution in [3.05, 3.63) is 69.7 Å². The van der Waals surface area contributed by atoms with Crippen LogP contribution in [0.25, 0.3) is 0 Å². The van der Waals surface area contributed by atoms with Crippen LogP contribution in [0, 0.1) is 6.92 Å². The zero-order valence-electron chi connectivity index (χ0n) is 12.8. The number of benzene rings is 2. The van der Waals surface area contributed by atoms with Gasteiger partial charge >= 0.3 is 0 Å². The van der Waals surface area contributed by atoms with E-state index in [1.807, 2.05) is 6.07 Å². The van der Waals surface area contributed by atoms with E-state index in [9.17, 15) is 0 Å². The summed E-state index contributed by atoms with van der Waals surface area (Å²) < 4.78 is 0. The molecule has 114 valence electrons. The molecule has 22 heavy (non-hydrogen) atoms. The molecule has 1 heterocycles. The molecule has 1 unspecified atom stereocenters. The third-order valence-corrected chi connectivity index (χ3v) is 5.85. The van der Waals surface area contributed by atoms with Gasteiger partial charge in [-0.2, -0.15) is 0 Å². The fourth-order valence-electron chi connectivity index (χ4n) is 4.03. The lowest BCUT2D eigenvalue weighted by Crippen LogP contribution is -2.37. The van der Waals surface area contributed by atoms with Crippen molar-refractivity contribution in [3.63, 3.8) is 0 Å². The Labute approximate surface area is 136 Å². The Bertz CT molecular complexity index is 707. The van der Waals surface area contributed by atoms with Crippen LogP contribution in [0.15, 0.2) is 42.5 Å². The molecule has 3 heteroatoms. The Balaban J connectivity index is 1.77. The summed E-state index contributed by atoms with van der Waals surface area (Å²) in [7, 11) is 0. The average molecular weight is 313 g/mol. The van der Waals surface area contributed by atoms with E-state index in [2.05, 4.69) is 48.2 Å². The molecule has 1 fully saturated rings. The first-order valence-electron chi connectivity index (χ1n) is 7.97. The Hall–Kier alpha value is -1.35. The smallest absolute Gasteiger partial charge is 0.0486 e. The first kappa shape index (κ1) is 14.3. The number of halogens is 1. The monoisotopic (exact) mass is 312 g/mol. The zero-order valence-corrected chi connectivity index (χ0v) is 13.6. The Morgan fingerprint density at radius 3 is 2.55 bits per heavy atom. The normalized spacial score (nSPS) is 22.6. The summed E-state index contributed by atoms with van der Waals surface area (Å²) in [6, 6.07) is 15.4. The van der Waals surface area contributed by atoms with E-state index in [1.165, 1.54) is 35.1 Å².